The summed E-state index contributed by atoms with van der Waals surface area (Å²) in [7, 11) is 0. The lowest BCUT2D eigenvalue weighted by atomic mass is 10.1. The number of aromatic nitrogens is 3. The Bertz CT molecular complexity index is 849. The zero-order valence-electron chi connectivity index (χ0n) is 12.4. The molecule has 1 saturated heterocycles. The van der Waals surface area contributed by atoms with Crippen LogP contribution in [-0.4, -0.2) is 32.4 Å². The van der Waals surface area contributed by atoms with E-state index in [0.29, 0.717) is 5.69 Å². The average Bonchev–Trinajstić information content (AvgIpc) is 3.20. The Morgan fingerprint density at radius 1 is 1.26 bits per heavy atom. The van der Waals surface area contributed by atoms with Gasteiger partial charge in [0.05, 0.1) is 18.4 Å². The van der Waals surface area contributed by atoms with Crippen molar-refractivity contribution >= 4 is 11.0 Å². The minimum absolute atomic E-state index is 0.0270. The predicted molar refractivity (Wildman–Crippen MR) is 83.2 cm³/mol. The second-order valence-electron chi connectivity index (χ2n) is 5.67. The van der Waals surface area contributed by atoms with Gasteiger partial charge in [0.1, 0.15) is 24.0 Å². The van der Waals surface area contributed by atoms with Crippen molar-refractivity contribution < 1.29 is 14.2 Å². The quantitative estimate of drug-likeness (QED) is 0.807. The third-order valence-electron chi connectivity index (χ3n) is 4.21. The zero-order valence-corrected chi connectivity index (χ0v) is 12.4. The molecular formula is C17H16FN3O2. The Balaban J connectivity index is 1.78. The van der Waals surface area contributed by atoms with Crippen LogP contribution in [0.1, 0.15) is 19.1 Å². The number of hydrogen-bond donors (Lipinski definition) is 1. The van der Waals surface area contributed by atoms with Crippen LogP contribution in [0.2, 0.25) is 0 Å². The van der Waals surface area contributed by atoms with Gasteiger partial charge in [0.2, 0.25) is 0 Å². The number of ether oxygens (including phenoxy) is 1. The number of fused-ring (bicyclic) bond motifs is 1. The van der Waals surface area contributed by atoms with Gasteiger partial charge in [-0.1, -0.05) is 12.1 Å². The van der Waals surface area contributed by atoms with Gasteiger partial charge in [-0.25, -0.2) is 14.4 Å². The summed E-state index contributed by atoms with van der Waals surface area (Å²) in [5.41, 5.74) is 2.17. The summed E-state index contributed by atoms with van der Waals surface area (Å²) < 4.78 is 21.3. The van der Waals surface area contributed by atoms with E-state index >= 15 is 0 Å². The lowest BCUT2D eigenvalue weighted by Gasteiger charge is -2.14. The molecule has 3 aromatic rings. The molecule has 1 aliphatic rings. The molecule has 1 N–H and O–H groups in total. The Morgan fingerprint density at radius 2 is 2.17 bits per heavy atom. The molecule has 0 spiro atoms. The summed E-state index contributed by atoms with van der Waals surface area (Å²) in [4.78, 5) is 8.68. The predicted octanol–water partition coefficient (Wildman–Crippen LogP) is 2.91. The molecule has 0 amide bonds. The second kappa shape index (κ2) is 5.72. The van der Waals surface area contributed by atoms with Gasteiger partial charge in [0, 0.05) is 17.1 Å². The number of benzene rings is 1. The first-order valence-corrected chi connectivity index (χ1v) is 7.60. The summed E-state index contributed by atoms with van der Waals surface area (Å²) in [6, 6.07) is 8.30. The lowest BCUT2D eigenvalue weighted by Crippen LogP contribution is -2.14. The molecule has 23 heavy (non-hydrogen) atoms. The van der Waals surface area contributed by atoms with Gasteiger partial charge >= 0.3 is 0 Å². The molecule has 0 saturated carbocycles. The van der Waals surface area contributed by atoms with Gasteiger partial charge in [-0.15, -0.1) is 0 Å². The molecule has 4 rings (SSSR count). The minimum Gasteiger partial charge on any atom is -0.394 e. The highest BCUT2D eigenvalue weighted by molar-refractivity contribution is 5.90. The van der Waals surface area contributed by atoms with E-state index in [4.69, 9.17) is 4.74 Å². The molecule has 118 valence electrons. The van der Waals surface area contributed by atoms with Crippen LogP contribution in [0.25, 0.3) is 22.3 Å². The van der Waals surface area contributed by atoms with Crippen LogP contribution in [-0.2, 0) is 4.74 Å². The summed E-state index contributed by atoms with van der Waals surface area (Å²) in [6.07, 6.45) is 4.78. The highest BCUT2D eigenvalue weighted by Crippen LogP contribution is 2.33. The SMILES string of the molecule is OCC1CCC(n2ccc3c(-c4cccc(F)c4)ncnc32)O1. The maximum atomic E-state index is 13.5. The Hall–Kier alpha value is -2.31. The largest absolute Gasteiger partial charge is 0.394 e. The Labute approximate surface area is 132 Å². The standard InChI is InChI=1S/C17H16FN3O2/c18-12-3-1-2-11(8-12)16-14-6-7-21(17(14)20-10-19-16)15-5-4-13(9-22)23-15/h1-3,6-8,10,13,15,22H,4-5,9H2. The molecule has 1 aromatic carbocycles. The molecule has 2 aromatic heterocycles. The number of aliphatic hydroxyl groups is 1. The summed E-state index contributed by atoms with van der Waals surface area (Å²) in [5, 5.41) is 10.1. The highest BCUT2D eigenvalue weighted by Gasteiger charge is 2.27. The van der Waals surface area contributed by atoms with E-state index in [0.717, 1.165) is 29.4 Å². The molecule has 3 heterocycles. The monoisotopic (exact) mass is 313 g/mol. The minimum atomic E-state index is -0.293. The van der Waals surface area contributed by atoms with Crippen LogP contribution in [0.5, 0.6) is 0 Å². The van der Waals surface area contributed by atoms with Gasteiger partial charge < -0.3 is 14.4 Å². The smallest absolute Gasteiger partial charge is 0.146 e. The van der Waals surface area contributed by atoms with Crippen LogP contribution in [0, 0.1) is 5.82 Å². The normalized spacial score (nSPS) is 21.1. The number of hydrogen-bond acceptors (Lipinski definition) is 4. The Kier molecular flexibility index (Phi) is 3.55. The molecule has 2 atom stereocenters. The van der Waals surface area contributed by atoms with E-state index in [2.05, 4.69) is 9.97 Å². The number of halogens is 1. The number of aliphatic hydroxyl groups excluding tert-OH is 1. The number of nitrogens with zero attached hydrogens (tertiary/aromatic N) is 3. The van der Waals surface area contributed by atoms with E-state index in [-0.39, 0.29) is 24.8 Å². The number of rotatable bonds is 3. The van der Waals surface area contributed by atoms with Gasteiger partial charge in [0.15, 0.2) is 0 Å². The van der Waals surface area contributed by atoms with Crippen molar-refractivity contribution in [2.45, 2.75) is 25.2 Å². The van der Waals surface area contributed by atoms with Gasteiger partial charge in [-0.3, -0.25) is 0 Å². The van der Waals surface area contributed by atoms with Gasteiger partial charge in [0.25, 0.3) is 0 Å². The summed E-state index contributed by atoms with van der Waals surface area (Å²) >= 11 is 0. The van der Waals surface area contributed by atoms with E-state index in [1.807, 2.05) is 22.9 Å². The van der Waals surface area contributed by atoms with Gasteiger partial charge in [-0.2, -0.15) is 0 Å². The van der Waals surface area contributed by atoms with Crippen LogP contribution >= 0.6 is 0 Å². The van der Waals surface area contributed by atoms with Gasteiger partial charge in [-0.05, 0) is 31.0 Å². The van der Waals surface area contributed by atoms with E-state index in [1.165, 1.54) is 18.5 Å². The fraction of sp³-hybridized carbons (Fsp3) is 0.294. The van der Waals surface area contributed by atoms with Crippen LogP contribution in [0.4, 0.5) is 4.39 Å². The van der Waals surface area contributed by atoms with E-state index < -0.39 is 0 Å². The second-order valence-corrected chi connectivity index (χ2v) is 5.67. The Morgan fingerprint density at radius 3 is 2.96 bits per heavy atom. The van der Waals surface area contributed by atoms with Crippen LogP contribution in [0.3, 0.4) is 0 Å². The van der Waals surface area contributed by atoms with E-state index in [1.54, 1.807) is 6.07 Å². The molecule has 1 aliphatic heterocycles. The molecule has 0 bridgehead atoms. The third kappa shape index (κ3) is 2.50. The fourth-order valence-electron chi connectivity index (χ4n) is 3.09. The topological polar surface area (TPSA) is 60.2 Å². The van der Waals surface area contributed by atoms with Crippen LogP contribution in [0.15, 0.2) is 42.9 Å². The van der Waals surface area contributed by atoms with Crippen LogP contribution < -0.4 is 0 Å². The zero-order chi connectivity index (χ0) is 15.8. The first-order chi connectivity index (χ1) is 11.3. The van der Waals surface area contributed by atoms with Crippen molar-refractivity contribution in [3.63, 3.8) is 0 Å². The van der Waals surface area contributed by atoms with E-state index in [9.17, 15) is 9.50 Å². The molecule has 0 radical (unpaired) electrons. The van der Waals surface area contributed by atoms with Crippen molar-refractivity contribution in [1.82, 2.24) is 14.5 Å². The maximum Gasteiger partial charge on any atom is 0.146 e. The highest BCUT2D eigenvalue weighted by atomic mass is 19.1. The first kappa shape index (κ1) is 14.3. The summed E-state index contributed by atoms with van der Waals surface area (Å²) in [5.74, 6) is -0.293. The van der Waals surface area contributed by atoms with Crippen molar-refractivity contribution in [2.75, 3.05) is 6.61 Å². The average molecular weight is 313 g/mol. The molecule has 6 heteroatoms. The third-order valence-corrected chi connectivity index (χ3v) is 4.21. The molecule has 0 aliphatic carbocycles. The van der Waals surface area contributed by atoms with Crippen molar-refractivity contribution in [3.05, 3.63) is 48.7 Å². The van der Waals surface area contributed by atoms with Crippen molar-refractivity contribution in [3.8, 4) is 11.3 Å². The molecular weight excluding hydrogens is 297 g/mol. The molecule has 2 unspecified atom stereocenters. The van der Waals surface area contributed by atoms with Crippen molar-refractivity contribution in [2.24, 2.45) is 0 Å². The fourth-order valence-corrected chi connectivity index (χ4v) is 3.09. The summed E-state index contributed by atoms with van der Waals surface area (Å²) in [6.45, 7) is 0.0270. The van der Waals surface area contributed by atoms with Crippen molar-refractivity contribution in [1.29, 1.82) is 0 Å². The maximum absolute atomic E-state index is 13.5. The molecule has 1 fully saturated rings. The first-order valence-electron chi connectivity index (χ1n) is 7.60. The lowest BCUT2D eigenvalue weighted by molar-refractivity contribution is -0.0204. The molecule has 5 nitrogen and oxygen atoms in total.